The first-order valence-corrected chi connectivity index (χ1v) is 22.6. The number of aryl methyl sites for hydroxylation is 3. The Kier molecular flexibility index (Phi) is 18.6. The predicted octanol–water partition coefficient (Wildman–Crippen LogP) is 5.64. The minimum Gasteiger partial charge on any atom is -0.492 e. The first-order valence-electron chi connectivity index (χ1n) is 22.6. The van der Waals surface area contributed by atoms with Gasteiger partial charge in [0, 0.05) is 85.6 Å². The van der Waals surface area contributed by atoms with Gasteiger partial charge in [0.2, 0.25) is 11.8 Å². The van der Waals surface area contributed by atoms with Gasteiger partial charge in [-0.15, -0.1) is 0 Å². The molecule has 0 radical (unpaired) electrons. The number of carbonyl (C=O) groups is 5. The van der Waals surface area contributed by atoms with E-state index < -0.39 is 41.5 Å². The van der Waals surface area contributed by atoms with Crippen molar-refractivity contribution in [1.29, 1.82) is 5.26 Å². The number of likely N-dealkylation sites (N-methyl/N-ethyl adjacent to an activating group) is 1. The van der Waals surface area contributed by atoms with Crippen LogP contribution in [0.25, 0.3) is 22.4 Å². The maximum atomic E-state index is 14.8. The van der Waals surface area contributed by atoms with Crippen LogP contribution in [0.4, 0.5) is 0 Å². The molecule has 2 heterocycles. The topological polar surface area (TPSA) is 234 Å². The Hall–Kier alpha value is -5.92. The minimum atomic E-state index is -1.22. The third-order valence-electron chi connectivity index (χ3n) is 12.4. The van der Waals surface area contributed by atoms with E-state index in [1.807, 2.05) is 18.2 Å². The number of hydrogen-bond donors (Lipinski definition) is 4. The van der Waals surface area contributed by atoms with Gasteiger partial charge in [0.25, 0.3) is 0 Å². The van der Waals surface area contributed by atoms with E-state index >= 15 is 0 Å². The van der Waals surface area contributed by atoms with Gasteiger partial charge in [0.05, 0.1) is 17.8 Å². The summed E-state index contributed by atoms with van der Waals surface area (Å²) in [5.74, 6) is -2.97. The fourth-order valence-corrected chi connectivity index (χ4v) is 8.88. The molecule has 350 valence electrons. The third kappa shape index (κ3) is 12.3. The largest absolute Gasteiger partial charge is 0.492 e. The van der Waals surface area contributed by atoms with Crippen LogP contribution in [0.2, 0.25) is 0 Å². The zero-order valence-corrected chi connectivity index (χ0v) is 39.2. The summed E-state index contributed by atoms with van der Waals surface area (Å²) in [6, 6.07) is 20.4. The number of hydrogen-bond acceptors (Lipinski definition) is 12. The van der Waals surface area contributed by atoms with Crippen LogP contribution in [0.3, 0.4) is 0 Å². The number of aromatic nitrogens is 1. The molecule has 0 unspecified atom stereocenters. The van der Waals surface area contributed by atoms with E-state index in [0.29, 0.717) is 45.0 Å². The second-order valence-corrected chi connectivity index (χ2v) is 17.1. The number of fused-ring (bicyclic) bond motifs is 6. The van der Waals surface area contributed by atoms with Crippen LogP contribution in [0.5, 0.6) is 11.5 Å². The van der Waals surface area contributed by atoms with Crippen LogP contribution in [0.15, 0.2) is 66.7 Å². The van der Waals surface area contributed by atoms with E-state index in [1.165, 1.54) is 29.5 Å². The van der Waals surface area contributed by atoms with Crippen molar-refractivity contribution >= 4 is 42.7 Å². The van der Waals surface area contributed by atoms with E-state index in [9.17, 15) is 29.2 Å². The van der Waals surface area contributed by atoms with Gasteiger partial charge in [-0.25, -0.2) is 0 Å². The number of nitrogens with one attached hydrogen (secondary N) is 1. The average Bonchev–Trinajstić information content (AvgIpc) is 3.31. The molecule has 1 aromatic heterocycles. The standard InChI is InChI=1S/C51H61N7O7.H2S/c1-31-25-46(61)49(58(3)51(63)38(18-20-53)30-45(60)39-14-15-42(56-32(39)2)36-12-11-34-7-4-5-8-35(34)28-36)37-13-17-48(65-24-22-55)41(29-37)40-26-33(10-16-47(40)64-23-21-54)27-43(57-50(31)62)44(59)9-6-19-52;/h10-17,26,28-29,31,38,43,49H,4-9,18,20-25,27,30,53-55H2,1-3H3,(H,57,62);1H2/t31-,38-,43+,49+;/m1./s1. The van der Waals surface area contributed by atoms with E-state index in [2.05, 4.69) is 23.5 Å². The van der Waals surface area contributed by atoms with Crippen molar-refractivity contribution in [3.8, 4) is 40.0 Å². The predicted molar refractivity (Wildman–Crippen MR) is 258 cm³/mol. The first-order chi connectivity index (χ1) is 31.4. The second kappa shape index (κ2) is 24.0. The number of pyridine rings is 1. The Morgan fingerprint density at radius 3 is 2.23 bits per heavy atom. The van der Waals surface area contributed by atoms with Crippen LogP contribution in [0.1, 0.15) is 96.2 Å². The van der Waals surface area contributed by atoms with Gasteiger partial charge in [-0.3, -0.25) is 29.0 Å². The van der Waals surface area contributed by atoms with Gasteiger partial charge < -0.3 is 36.9 Å². The maximum absolute atomic E-state index is 14.8. The molecular weight excluding hydrogens is 855 g/mol. The highest BCUT2D eigenvalue weighted by Crippen LogP contribution is 2.41. The van der Waals surface area contributed by atoms with Gasteiger partial charge in [-0.1, -0.05) is 31.2 Å². The lowest BCUT2D eigenvalue weighted by molar-refractivity contribution is -0.142. The highest BCUT2D eigenvalue weighted by atomic mass is 32.1. The molecule has 15 heteroatoms. The number of nitriles is 1. The zero-order valence-electron chi connectivity index (χ0n) is 38.2. The molecule has 14 nitrogen and oxygen atoms in total. The lowest BCUT2D eigenvalue weighted by atomic mass is 9.88. The number of Topliss-reactive ketones (excluding diaryl/α,β-unsaturated/α-hetero) is 3. The Labute approximate surface area is 394 Å². The fraction of sp³-hybridized carbons (Fsp3) is 0.431. The summed E-state index contributed by atoms with van der Waals surface area (Å²) >= 11 is 0. The quantitative estimate of drug-likeness (QED) is 0.0943. The van der Waals surface area contributed by atoms with Crippen molar-refractivity contribution < 1.29 is 33.4 Å². The Morgan fingerprint density at radius 2 is 1.56 bits per heavy atom. The average molecular weight is 918 g/mol. The summed E-state index contributed by atoms with van der Waals surface area (Å²) in [5, 5.41) is 12.1. The number of carbonyl (C=O) groups excluding carboxylic acids is 5. The molecule has 66 heavy (non-hydrogen) atoms. The van der Waals surface area contributed by atoms with Crippen LogP contribution >= 0.6 is 13.5 Å². The summed E-state index contributed by atoms with van der Waals surface area (Å²) in [7, 11) is 1.52. The molecule has 4 bridgehead atoms. The second-order valence-electron chi connectivity index (χ2n) is 17.1. The molecule has 6 rings (SSSR count). The van der Waals surface area contributed by atoms with Crippen molar-refractivity contribution in [3.63, 3.8) is 0 Å². The Bertz CT molecular complexity index is 2450. The normalized spacial score (nSPS) is 17.4. The smallest absolute Gasteiger partial charge is 0.226 e. The summed E-state index contributed by atoms with van der Waals surface area (Å²) in [6.45, 7) is 4.29. The summed E-state index contributed by atoms with van der Waals surface area (Å²) in [6.07, 6.45) is 4.18. The van der Waals surface area contributed by atoms with Crippen LogP contribution in [-0.4, -0.2) is 85.0 Å². The van der Waals surface area contributed by atoms with E-state index in [4.69, 9.17) is 31.7 Å². The van der Waals surface area contributed by atoms with Gasteiger partial charge in [0.1, 0.15) is 30.8 Å². The molecule has 1 aliphatic carbocycles. The minimum absolute atomic E-state index is 0. The molecule has 0 saturated heterocycles. The third-order valence-corrected chi connectivity index (χ3v) is 12.4. The van der Waals surface area contributed by atoms with E-state index in [-0.39, 0.29) is 96.4 Å². The SMILES string of the molecule is Cc1nc(-c2ccc3c(c2)CCCC3)ccc1C(=O)C[C@@H](CCN)C(=O)N(C)[C@@H]1C(=O)C[C@@H](C)C(=O)N[C@H](C(=O)CCC#N)Cc2ccc(OCCN)c(c2)-c2cc1ccc2OCCN.S. The van der Waals surface area contributed by atoms with Crippen molar-refractivity contribution in [2.24, 2.45) is 29.0 Å². The van der Waals surface area contributed by atoms with Crippen molar-refractivity contribution in [1.82, 2.24) is 15.2 Å². The molecule has 7 N–H and O–H groups in total. The molecule has 2 amide bonds. The number of ketones is 3. The molecule has 0 saturated carbocycles. The molecule has 0 fully saturated rings. The number of rotatable bonds is 17. The van der Waals surface area contributed by atoms with Crippen LogP contribution < -0.4 is 32.0 Å². The molecular formula is C51H63N7O7S. The number of amides is 2. The number of ether oxygens (including phenoxy) is 2. The van der Waals surface area contributed by atoms with E-state index in [1.54, 1.807) is 50.2 Å². The van der Waals surface area contributed by atoms with Gasteiger partial charge in [0.15, 0.2) is 17.3 Å². The lowest BCUT2D eigenvalue weighted by Crippen LogP contribution is -2.46. The van der Waals surface area contributed by atoms with E-state index in [0.717, 1.165) is 30.5 Å². The van der Waals surface area contributed by atoms with Gasteiger partial charge in [-0.05, 0) is 117 Å². The molecule has 4 aromatic rings. The fourth-order valence-electron chi connectivity index (χ4n) is 8.88. The number of nitrogens with two attached hydrogens (primary N) is 3. The summed E-state index contributed by atoms with van der Waals surface area (Å²) in [5.41, 5.74) is 25.4. The molecule has 0 spiro atoms. The lowest BCUT2D eigenvalue weighted by Gasteiger charge is -2.32. The summed E-state index contributed by atoms with van der Waals surface area (Å²) in [4.78, 5) is 77.0. The van der Waals surface area contributed by atoms with Gasteiger partial charge in [-0.2, -0.15) is 18.8 Å². The molecule has 4 atom stereocenters. The highest BCUT2D eigenvalue weighted by molar-refractivity contribution is 7.59. The zero-order chi connectivity index (χ0) is 46.6. The molecule has 3 aromatic carbocycles. The monoisotopic (exact) mass is 917 g/mol. The Morgan fingerprint density at radius 1 is 0.879 bits per heavy atom. The first kappa shape index (κ1) is 51.1. The number of benzene rings is 3. The number of nitrogens with zero attached hydrogens (tertiary/aromatic N) is 3. The van der Waals surface area contributed by atoms with Crippen molar-refractivity contribution in [3.05, 3.63) is 100 Å². The van der Waals surface area contributed by atoms with Crippen molar-refractivity contribution in [2.75, 3.05) is 39.9 Å². The highest BCUT2D eigenvalue weighted by Gasteiger charge is 2.36. The Balaban J connectivity index is 0.00000817. The molecule has 2 aliphatic rings. The molecule has 1 aliphatic heterocycles. The maximum Gasteiger partial charge on any atom is 0.226 e. The van der Waals surface area contributed by atoms with Gasteiger partial charge >= 0.3 is 0 Å². The van der Waals surface area contributed by atoms with Crippen LogP contribution in [-0.2, 0) is 38.4 Å². The van der Waals surface area contributed by atoms with Crippen LogP contribution in [0, 0.1) is 30.1 Å². The van der Waals surface area contributed by atoms with Crippen molar-refractivity contribution in [2.45, 2.75) is 90.1 Å². The summed E-state index contributed by atoms with van der Waals surface area (Å²) < 4.78 is 12.3.